The Morgan fingerprint density at radius 2 is 2.08 bits per heavy atom. The van der Waals surface area contributed by atoms with Crippen molar-refractivity contribution in [1.29, 1.82) is 0 Å². The van der Waals surface area contributed by atoms with E-state index in [1.807, 2.05) is 24.3 Å². The van der Waals surface area contributed by atoms with Crippen LogP contribution in [0.5, 0.6) is 5.75 Å². The number of hydrogen-bond acceptors (Lipinski definition) is 5. The number of furan rings is 1. The van der Waals surface area contributed by atoms with Crippen LogP contribution in [0.3, 0.4) is 0 Å². The Morgan fingerprint density at radius 1 is 1.24 bits per heavy atom. The van der Waals surface area contributed by atoms with Crippen LogP contribution in [0.15, 0.2) is 63.8 Å². The third kappa shape index (κ3) is 4.60. The van der Waals surface area contributed by atoms with Crippen LogP contribution in [0, 0.1) is 0 Å². The molecule has 6 heteroatoms. The van der Waals surface area contributed by atoms with E-state index in [-0.39, 0.29) is 5.91 Å². The van der Waals surface area contributed by atoms with Gasteiger partial charge in [0.1, 0.15) is 17.8 Å². The lowest BCUT2D eigenvalue weighted by Gasteiger charge is -2.00. The fraction of sp³-hybridized carbons (Fsp3) is 0.158. The van der Waals surface area contributed by atoms with Gasteiger partial charge in [-0.25, -0.2) is 4.98 Å². The first-order valence-corrected chi connectivity index (χ1v) is 7.83. The number of carbonyl (C=O) groups excluding carboxylic acids is 1. The summed E-state index contributed by atoms with van der Waals surface area (Å²) in [5.74, 6) is 1.77. The van der Waals surface area contributed by atoms with Crippen molar-refractivity contribution < 1.29 is 18.4 Å². The first-order valence-electron chi connectivity index (χ1n) is 7.83. The summed E-state index contributed by atoms with van der Waals surface area (Å²) < 4.78 is 15.7. The molecule has 25 heavy (non-hydrogen) atoms. The molecule has 3 rings (SSSR count). The van der Waals surface area contributed by atoms with Crippen molar-refractivity contribution >= 4 is 12.0 Å². The molecule has 6 nitrogen and oxygen atoms in total. The maximum Gasteiger partial charge on any atom is 0.244 e. The second kappa shape index (κ2) is 8.01. The minimum absolute atomic E-state index is 0.185. The van der Waals surface area contributed by atoms with Gasteiger partial charge in [0.2, 0.25) is 11.8 Å². The number of benzene rings is 1. The van der Waals surface area contributed by atoms with E-state index < -0.39 is 0 Å². The standard InChI is InChI=1S/C19H18N2O4/c1-23-16-6-4-14(5-7-16)19-21-15(13-25-19)10-11-20-18(22)9-8-17-3-2-12-24-17/h2-9,12-13H,10-11H2,1H3,(H,20,22)/b9-8-. The summed E-state index contributed by atoms with van der Waals surface area (Å²) in [5.41, 5.74) is 1.65. The molecule has 0 aliphatic heterocycles. The molecule has 0 unspecified atom stereocenters. The number of oxazole rings is 1. The normalized spacial score (nSPS) is 10.9. The van der Waals surface area contributed by atoms with Gasteiger partial charge in [0, 0.05) is 24.6 Å². The van der Waals surface area contributed by atoms with Crippen molar-refractivity contribution in [3.8, 4) is 17.2 Å². The smallest absolute Gasteiger partial charge is 0.244 e. The Bertz CT molecular complexity index is 833. The van der Waals surface area contributed by atoms with E-state index in [0.717, 1.165) is 17.0 Å². The quantitative estimate of drug-likeness (QED) is 0.669. The zero-order valence-corrected chi connectivity index (χ0v) is 13.8. The van der Waals surface area contributed by atoms with Crippen LogP contribution in [-0.4, -0.2) is 24.5 Å². The zero-order valence-electron chi connectivity index (χ0n) is 13.8. The first kappa shape index (κ1) is 16.6. The van der Waals surface area contributed by atoms with Crippen molar-refractivity contribution in [1.82, 2.24) is 10.3 Å². The number of nitrogens with one attached hydrogen (secondary N) is 1. The molecule has 0 saturated heterocycles. The van der Waals surface area contributed by atoms with Crippen LogP contribution in [0.2, 0.25) is 0 Å². The van der Waals surface area contributed by atoms with Crippen LogP contribution < -0.4 is 10.1 Å². The van der Waals surface area contributed by atoms with Gasteiger partial charge in [-0.2, -0.15) is 0 Å². The molecular weight excluding hydrogens is 320 g/mol. The van der Waals surface area contributed by atoms with Crippen molar-refractivity contribution in [2.45, 2.75) is 6.42 Å². The largest absolute Gasteiger partial charge is 0.497 e. The molecule has 0 atom stereocenters. The molecule has 2 aromatic heterocycles. The number of aromatic nitrogens is 1. The average molecular weight is 338 g/mol. The molecule has 0 radical (unpaired) electrons. The summed E-state index contributed by atoms with van der Waals surface area (Å²) in [6.07, 6.45) is 6.80. The summed E-state index contributed by atoms with van der Waals surface area (Å²) in [7, 11) is 1.62. The Kier molecular flexibility index (Phi) is 5.31. The van der Waals surface area contributed by atoms with E-state index in [9.17, 15) is 4.79 Å². The van der Waals surface area contributed by atoms with Crippen LogP contribution in [-0.2, 0) is 11.2 Å². The van der Waals surface area contributed by atoms with Gasteiger partial charge in [-0.1, -0.05) is 0 Å². The van der Waals surface area contributed by atoms with E-state index in [4.69, 9.17) is 13.6 Å². The van der Waals surface area contributed by atoms with Gasteiger partial charge in [0.05, 0.1) is 19.1 Å². The molecule has 2 heterocycles. The van der Waals surface area contributed by atoms with Gasteiger partial charge in [-0.15, -0.1) is 0 Å². The highest BCUT2D eigenvalue weighted by atomic mass is 16.5. The minimum atomic E-state index is -0.185. The topological polar surface area (TPSA) is 77.5 Å². The summed E-state index contributed by atoms with van der Waals surface area (Å²) in [6, 6.07) is 11.0. The maximum atomic E-state index is 11.7. The Balaban J connectivity index is 1.49. The molecule has 1 amide bonds. The maximum absolute atomic E-state index is 11.7. The summed E-state index contributed by atoms with van der Waals surface area (Å²) in [5, 5.41) is 2.79. The monoisotopic (exact) mass is 338 g/mol. The molecule has 1 aromatic carbocycles. The van der Waals surface area contributed by atoms with Crippen LogP contribution in [0.1, 0.15) is 11.5 Å². The molecule has 1 N–H and O–H groups in total. The third-order valence-electron chi connectivity index (χ3n) is 3.51. The molecule has 0 aliphatic rings. The van der Waals surface area contributed by atoms with Crippen LogP contribution >= 0.6 is 0 Å². The van der Waals surface area contributed by atoms with E-state index in [2.05, 4.69) is 10.3 Å². The van der Waals surface area contributed by atoms with Gasteiger partial charge >= 0.3 is 0 Å². The van der Waals surface area contributed by atoms with Gasteiger partial charge in [0.15, 0.2) is 0 Å². The molecule has 0 bridgehead atoms. The predicted octanol–water partition coefficient (Wildman–Crippen LogP) is 3.32. The third-order valence-corrected chi connectivity index (χ3v) is 3.51. The SMILES string of the molecule is COc1ccc(-c2nc(CCNC(=O)/C=C\c3ccco3)co2)cc1. The number of hydrogen-bond donors (Lipinski definition) is 1. The number of nitrogens with zero attached hydrogens (tertiary/aromatic N) is 1. The summed E-state index contributed by atoms with van der Waals surface area (Å²) in [6.45, 7) is 0.468. The molecule has 0 aliphatic carbocycles. The molecule has 0 spiro atoms. The molecule has 3 aromatic rings. The Labute approximate surface area is 145 Å². The van der Waals surface area contributed by atoms with Crippen molar-refractivity contribution in [3.05, 3.63) is 66.5 Å². The van der Waals surface area contributed by atoms with Crippen LogP contribution in [0.4, 0.5) is 0 Å². The lowest BCUT2D eigenvalue weighted by molar-refractivity contribution is -0.116. The molecule has 128 valence electrons. The van der Waals surface area contributed by atoms with E-state index >= 15 is 0 Å². The number of amides is 1. The molecule has 0 saturated carbocycles. The highest BCUT2D eigenvalue weighted by Gasteiger charge is 2.07. The average Bonchev–Trinajstić information content (AvgIpc) is 3.32. The summed E-state index contributed by atoms with van der Waals surface area (Å²) in [4.78, 5) is 16.1. The van der Waals surface area contributed by atoms with Crippen molar-refractivity contribution in [3.63, 3.8) is 0 Å². The highest BCUT2D eigenvalue weighted by Crippen LogP contribution is 2.21. The van der Waals surface area contributed by atoms with E-state index in [1.54, 1.807) is 37.8 Å². The fourth-order valence-corrected chi connectivity index (χ4v) is 2.20. The number of ether oxygens (including phenoxy) is 1. The van der Waals surface area contributed by atoms with Crippen molar-refractivity contribution in [2.24, 2.45) is 0 Å². The Morgan fingerprint density at radius 3 is 2.80 bits per heavy atom. The second-order valence-electron chi connectivity index (χ2n) is 5.26. The Hall–Kier alpha value is -3.28. The lowest BCUT2D eigenvalue weighted by Crippen LogP contribution is -2.23. The predicted molar refractivity (Wildman–Crippen MR) is 92.9 cm³/mol. The zero-order chi connectivity index (χ0) is 17.5. The first-order chi connectivity index (χ1) is 12.2. The molecular formula is C19H18N2O4. The number of methoxy groups -OCH3 is 1. The number of rotatable bonds is 7. The second-order valence-corrected chi connectivity index (χ2v) is 5.26. The fourth-order valence-electron chi connectivity index (χ4n) is 2.20. The highest BCUT2D eigenvalue weighted by molar-refractivity contribution is 5.91. The van der Waals surface area contributed by atoms with Crippen LogP contribution in [0.25, 0.3) is 17.5 Å². The molecule has 0 fully saturated rings. The number of carbonyl (C=O) groups is 1. The van der Waals surface area contributed by atoms with E-state index in [1.165, 1.54) is 6.08 Å². The van der Waals surface area contributed by atoms with Gasteiger partial charge in [-0.3, -0.25) is 4.79 Å². The van der Waals surface area contributed by atoms with Crippen molar-refractivity contribution in [2.75, 3.05) is 13.7 Å². The van der Waals surface area contributed by atoms with Gasteiger partial charge < -0.3 is 18.9 Å². The van der Waals surface area contributed by atoms with E-state index in [0.29, 0.717) is 24.6 Å². The summed E-state index contributed by atoms with van der Waals surface area (Å²) >= 11 is 0. The minimum Gasteiger partial charge on any atom is -0.497 e. The lowest BCUT2D eigenvalue weighted by atomic mass is 10.2. The van der Waals surface area contributed by atoms with Gasteiger partial charge in [-0.05, 0) is 42.5 Å². The van der Waals surface area contributed by atoms with Gasteiger partial charge in [0.25, 0.3) is 0 Å².